The average Bonchev–Trinajstić information content (AvgIpc) is 2.89. The Balaban J connectivity index is 1.84. The number of anilines is 1. The first-order valence-corrected chi connectivity index (χ1v) is 7.92. The Kier molecular flexibility index (Phi) is 3.66. The number of halogens is 1. The van der Waals surface area contributed by atoms with E-state index in [1.54, 1.807) is 18.5 Å². The zero-order valence-electron chi connectivity index (χ0n) is 12.6. The molecule has 2 aromatic heterocycles. The molecule has 0 radical (unpaired) electrons. The van der Waals surface area contributed by atoms with Gasteiger partial charge in [-0.3, -0.25) is 15.2 Å². The average molecular weight is 340 g/mol. The van der Waals surface area contributed by atoms with Crippen LogP contribution in [0, 0.1) is 0 Å². The van der Waals surface area contributed by atoms with Crippen LogP contribution < -0.4 is 10.7 Å². The summed E-state index contributed by atoms with van der Waals surface area (Å²) in [6.07, 6.45) is 4.01. The zero-order valence-corrected chi connectivity index (χ0v) is 13.4. The molecule has 1 amide bonds. The van der Waals surface area contributed by atoms with Gasteiger partial charge < -0.3 is 10.3 Å². The minimum Gasteiger partial charge on any atom is -0.350 e. The van der Waals surface area contributed by atoms with E-state index in [2.05, 4.69) is 25.8 Å². The van der Waals surface area contributed by atoms with Crippen molar-refractivity contribution in [3.63, 3.8) is 0 Å². The first-order chi connectivity index (χ1) is 11.7. The minimum absolute atomic E-state index is 0.135. The molecule has 0 unspecified atom stereocenters. The third-order valence-corrected chi connectivity index (χ3v) is 4.14. The fraction of sp³-hybridized carbons (Fsp3) is 0.118. The molecule has 0 fully saturated rings. The number of hydrogen-bond acceptors (Lipinski definition) is 4. The normalized spacial score (nSPS) is 15.9. The van der Waals surface area contributed by atoms with Crippen molar-refractivity contribution < 1.29 is 4.79 Å². The van der Waals surface area contributed by atoms with Crippen LogP contribution >= 0.6 is 11.6 Å². The van der Waals surface area contributed by atoms with Crippen molar-refractivity contribution in [2.24, 2.45) is 5.10 Å². The largest absolute Gasteiger partial charge is 0.350 e. The van der Waals surface area contributed by atoms with Gasteiger partial charge in [0.1, 0.15) is 5.69 Å². The minimum atomic E-state index is -0.135. The Morgan fingerprint density at radius 2 is 2.21 bits per heavy atom. The lowest BCUT2D eigenvalue weighted by molar-refractivity contribution is 0.0952. The van der Waals surface area contributed by atoms with Crippen molar-refractivity contribution in [1.29, 1.82) is 0 Å². The van der Waals surface area contributed by atoms with Gasteiger partial charge in [0.05, 0.1) is 17.6 Å². The molecule has 6 nitrogen and oxygen atoms in total. The summed E-state index contributed by atoms with van der Waals surface area (Å²) >= 11 is 6.14. The molecule has 7 heteroatoms. The van der Waals surface area contributed by atoms with Crippen LogP contribution in [-0.2, 0) is 0 Å². The molecule has 1 aliphatic heterocycles. The van der Waals surface area contributed by atoms with Gasteiger partial charge in [-0.25, -0.2) is 0 Å². The van der Waals surface area contributed by atoms with E-state index in [0.29, 0.717) is 23.7 Å². The van der Waals surface area contributed by atoms with Gasteiger partial charge in [0.15, 0.2) is 0 Å². The molecule has 0 spiro atoms. The number of nitrogens with zero attached hydrogens (tertiary/aromatic N) is 2. The number of carbonyl (C=O) groups is 1. The number of carbonyl (C=O) groups excluding carboxylic acids is 1. The standard InChI is InChI=1S/C17H14ClN5O/c18-10-3-4-13-12(8-10)15-14(5-7-20-17(24)16(15)21-13)23-22-11-2-1-6-19-9-11/h1-4,6,8-9,21-22H,5,7H2,(H,20,24)/b23-14+. The maximum absolute atomic E-state index is 12.3. The van der Waals surface area contributed by atoms with Crippen LogP contribution in [0.25, 0.3) is 10.9 Å². The Morgan fingerprint density at radius 1 is 1.29 bits per heavy atom. The number of nitrogens with one attached hydrogen (secondary N) is 3. The first kappa shape index (κ1) is 14.7. The number of hydrogen-bond donors (Lipinski definition) is 3. The highest BCUT2D eigenvalue weighted by Crippen LogP contribution is 2.28. The van der Waals surface area contributed by atoms with E-state index in [0.717, 1.165) is 27.9 Å². The van der Waals surface area contributed by atoms with Crippen LogP contribution in [0.4, 0.5) is 5.69 Å². The number of H-pyrrole nitrogens is 1. The molecular weight excluding hydrogens is 326 g/mol. The van der Waals surface area contributed by atoms with Crippen molar-refractivity contribution in [1.82, 2.24) is 15.3 Å². The number of pyridine rings is 1. The highest BCUT2D eigenvalue weighted by Gasteiger charge is 2.25. The third-order valence-electron chi connectivity index (χ3n) is 3.91. The maximum atomic E-state index is 12.3. The molecule has 3 N–H and O–H groups in total. The lowest BCUT2D eigenvalue weighted by Gasteiger charge is -2.05. The number of fused-ring (bicyclic) bond motifs is 3. The quantitative estimate of drug-likeness (QED) is 0.627. The van der Waals surface area contributed by atoms with Gasteiger partial charge >= 0.3 is 0 Å². The second-order valence-electron chi connectivity index (χ2n) is 5.48. The molecule has 3 heterocycles. The van der Waals surface area contributed by atoms with Crippen molar-refractivity contribution in [3.8, 4) is 0 Å². The predicted molar refractivity (Wildman–Crippen MR) is 94.7 cm³/mol. The molecule has 0 saturated heterocycles. The molecule has 24 heavy (non-hydrogen) atoms. The van der Waals surface area contributed by atoms with Crippen LogP contribution in [-0.4, -0.2) is 28.1 Å². The van der Waals surface area contributed by atoms with Gasteiger partial charge in [-0.2, -0.15) is 5.10 Å². The van der Waals surface area contributed by atoms with E-state index in [1.165, 1.54) is 0 Å². The molecule has 120 valence electrons. The summed E-state index contributed by atoms with van der Waals surface area (Å²) in [5.41, 5.74) is 6.74. The lowest BCUT2D eigenvalue weighted by atomic mass is 10.0. The Bertz CT molecular complexity index is 948. The zero-order chi connectivity index (χ0) is 16.5. The molecule has 0 bridgehead atoms. The molecule has 0 aliphatic carbocycles. The van der Waals surface area contributed by atoms with Gasteiger partial charge in [-0.05, 0) is 30.3 Å². The number of aromatic amines is 1. The second kappa shape index (κ2) is 5.98. The number of benzene rings is 1. The summed E-state index contributed by atoms with van der Waals surface area (Å²) in [4.78, 5) is 19.5. The van der Waals surface area contributed by atoms with Gasteiger partial charge in [0, 0.05) is 40.7 Å². The highest BCUT2D eigenvalue weighted by molar-refractivity contribution is 6.32. The molecular formula is C17H14ClN5O. The summed E-state index contributed by atoms with van der Waals surface area (Å²) in [5, 5.41) is 8.90. The van der Waals surface area contributed by atoms with E-state index in [9.17, 15) is 4.79 Å². The SMILES string of the molecule is O=C1NCC/C(=N\Nc2cccnc2)c2c1[nH]c1ccc(Cl)cc21. The van der Waals surface area contributed by atoms with E-state index in [1.807, 2.05) is 24.3 Å². The van der Waals surface area contributed by atoms with Gasteiger partial charge in [-0.1, -0.05) is 11.6 Å². The van der Waals surface area contributed by atoms with Gasteiger partial charge in [-0.15, -0.1) is 0 Å². The number of rotatable bonds is 2. The van der Waals surface area contributed by atoms with Crippen molar-refractivity contribution >= 4 is 39.8 Å². The fourth-order valence-corrected chi connectivity index (χ4v) is 2.99. The molecule has 3 aromatic rings. The van der Waals surface area contributed by atoms with Gasteiger partial charge in [0.25, 0.3) is 5.91 Å². The van der Waals surface area contributed by atoms with Crippen LogP contribution in [0.5, 0.6) is 0 Å². The Hall–Kier alpha value is -2.86. The van der Waals surface area contributed by atoms with Gasteiger partial charge in [0.2, 0.25) is 0 Å². The summed E-state index contributed by atoms with van der Waals surface area (Å²) in [7, 11) is 0. The van der Waals surface area contributed by atoms with Crippen LogP contribution in [0.2, 0.25) is 5.02 Å². The first-order valence-electron chi connectivity index (χ1n) is 7.55. The summed E-state index contributed by atoms with van der Waals surface area (Å²) in [5.74, 6) is -0.135. The molecule has 0 saturated carbocycles. The smallest absolute Gasteiger partial charge is 0.268 e. The summed E-state index contributed by atoms with van der Waals surface area (Å²) in [6.45, 7) is 0.525. The lowest BCUT2D eigenvalue weighted by Crippen LogP contribution is -2.23. The van der Waals surface area contributed by atoms with E-state index in [-0.39, 0.29) is 5.91 Å². The number of hydrazone groups is 1. The Labute approximate surface area is 142 Å². The highest BCUT2D eigenvalue weighted by atomic mass is 35.5. The fourth-order valence-electron chi connectivity index (χ4n) is 2.81. The monoisotopic (exact) mass is 339 g/mol. The van der Waals surface area contributed by atoms with Crippen LogP contribution in [0.1, 0.15) is 22.5 Å². The van der Waals surface area contributed by atoms with E-state index >= 15 is 0 Å². The summed E-state index contributed by atoms with van der Waals surface area (Å²) in [6, 6.07) is 9.22. The van der Waals surface area contributed by atoms with Crippen LogP contribution in [0.15, 0.2) is 47.8 Å². The summed E-state index contributed by atoms with van der Waals surface area (Å²) < 4.78 is 0. The predicted octanol–water partition coefficient (Wildman–Crippen LogP) is 3.17. The molecule has 0 atom stereocenters. The van der Waals surface area contributed by atoms with Crippen LogP contribution in [0.3, 0.4) is 0 Å². The van der Waals surface area contributed by atoms with Crippen molar-refractivity contribution in [2.45, 2.75) is 6.42 Å². The third kappa shape index (κ3) is 2.61. The number of amides is 1. The van der Waals surface area contributed by atoms with Crippen molar-refractivity contribution in [2.75, 3.05) is 12.0 Å². The number of aromatic nitrogens is 2. The van der Waals surface area contributed by atoms with Crippen molar-refractivity contribution in [3.05, 3.63) is 59.0 Å². The maximum Gasteiger partial charge on any atom is 0.268 e. The van der Waals surface area contributed by atoms with E-state index in [4.69, 9.17) is 11.6 Å². The Morgan fingerprint density at radius 3 is 3.04 bits per heavy atom. The van der Waals surface area contributed by atoms with E-state index < -0.39 is 0 Å². The topological polar surface area (TPSA) is 82.2 Å². The molecule has 1 aliphatic rings. The molecule has 1 aromatic carbocycles. The molecule has 4 rings (SSSR count). The second-order valence-corrected chi connectivity index (χ2v) is 5.92.